The molecule has 2 N–H and O–H groups in total. The van der Waals surface area contributed by atoms with E-state index in [4.69, 9.17) is 27.9 Å². The van der Waals surface area contributed by atoms with E-state index in [1.807, 2.05) is 20.8 Å². The van der Waals surface area contributed by atoms with Crippen molar-refractivity contribution in [3.8, 4) is 5.75 Å². The number of amides is 2. The summed E-state index contributed by atoms with van der Waals surface area (Å²) >= 11 is 11.9. The molecule has 3 rings (SSSR count). The molecule has 0 heterocycles. The molecule has 3 aromatic carbocycles. The zero-order chi connectivity index (χ0) is 25.6. The summed E-state index contributed by atoms with van der Waals surface area (Å²) in [5.74, 6) is -0.960. The molecule has 0 unspecified atom stereocenters. The van der Waals surface area contributed by atoms with Gasteiger partial charge in [0.25, 0.3) is 5.91 Å². The molecule has 7 nitrogen and oxygen atoms in total. The zero-order valence-corrected chi connectivity index (χ0v) is 20.8. The highest BCUT2D eigenvalue weighted by Crippen LogP contribution is 2.23. The van der Waals surface area contributed by atoms with E-state index in [9.17, 15) is 14.4 Å². The molecule has 0 fully saturated rings. The number of hydrazone groups is 1. The highest BCUT2D eigenvalue weighted by Gasteiger charge is 2.21. The maximum Gasteiger partial charge on any atom is 0.343 e. The number of hydrogen-bond donors (Lipinski definition) is 2. The van der Waals surface area contributed by atoms with Gasteiger partial charge in [0, 0.05) is 32.3 Å². The summed E-state index contributed by atoms with van der Waals surface area (Å²) in [6.45, 7) is 5.43. The Hall–Kier alpha value is -3.68. The summed E-state index contributed by atoms with van der Waals surface area (Å²) in [6, 6.07) is 17.3. The van der Waals surface area contributed by atoms with Crippen LogP contribution in [0.4, 0.5) is 5.69 Å². The van der Waals surface area contributed by atoms with Crippen molar-refractivity contribution in [2.75, 3.05) is 5.32 Å². The molecule has 0 saturated heterocycles. The minimum atomic E-state index is -0.582. The van der Waals surface area contributed by atoms with E-state index >= 15 is 0 Å². The monoisotopic (exact) mass is 511 g/mol. The van der Waals surface area contributed by atoms with Crippen molar-refractivity contribution in [3.63, 3.8) is 0 Å². The Balaban J connectivity index is 1.66. The number of ether oxygens (including phenoxy) is 1. The van der Waals surface area contributed by atoms with Crippen LogP contribution in [0.1, 0.15) is 47.1 Å². The van der Waals surface area contributed by atoms with Crippen LogP contribution in [0.15, 0.2) is 71.8 Å². The van der Waals surface area contributed by atoms with E-state index in [1.54, 1.807) is 60.7 Å². The Morgan fingerprint density at radius 3 is 2.09 bits per heavy atom. The average Bonchev–Trinajstić information content (AvgIpc) is 2.81. The van der Waals surface area contributed by atoms with E-state index in [-0.39, 0.29) is 11.7 Å². The molecule has 0 aromatic heterocycles. The summed E-state index contributed by atoms with van der Waals surface area (Å²) in [5, 5.41) is 7.65. The molecule has 35 heavy (non-hydrogen) atoms. The Kier molecular flexibility index (Phi) is 8.27. The second kappa shape index (κ2) is 11.2. The normalized spacial score (nSPS) is 11.2. The summed E-state index contributed by atoms with van der Waals surface area (Å²) in [7, 11) is 0. The van der Waals surface area contributed by atoms with Crippen molar-refractivity contribution in [1.29, 1.82) is 0 Å². The van der Waals surface area contributed by atoms with Gasteiger partial charge in [-0.3, -0.25) is 9.59 Å². The number of esters is 1. The summed E-state index contributed by atoms with van der Waals surface area (Å²) < 4.78 is 5.46. The lowest BCUT2D eigenvalue weighted by atomic mass is 9.95. The van der Waals surface area contributed by atoms with Gasteiger partial charge in [-0.05, 0) is 66.7 Å². The fourth-order valence-corrected chi connectivity index (χ4v) is 3.01. The number of hydrogen-bond acceptors (Lipinski definition) is 5. The summed E-state index contributed by atoms with van der Waals surface area (Å²) in [5.41, 5.74) is 3.51. The predicted molar refractivity (Wildman–Crippen MR) is 137 cm³/mol. The average molecular weight is 512 g/mol. The molecule has 3 aromatic rings. The van der Waals surface area contributed by atoms with Gasteiger partial charge >= 0.3 is 5.97 Å². The second-order valence-electron chi connectivity index (χ2n) is 8.56. The van der Waals surface area contributed by atoms with Crippen LogP contribution in [-0.4, -0.2) is 24.0 Å². The van der Waals surface area contributed by atoms with Crippen molar-refractivity contribution in [1.82, 2.24) is 5.43 Å². The summed E-state index contributed by atoms with van der Waals surface area (Å²) in [4.78, 5) is 37.0. The molecule has 0 aliphatic heterocycles. The molecular weight excluding hydrogens is 489 g/mol. The molecule has 0 aliphatic rings. The molecule has 180 valence electrons. The molecule has 0 spiro atoms. The highest BCUT2D eigenvalue weighted by molar-refractivity contribution is 6.31. The fraction of sp³-hybridized carbons (Fsp3) is 0.154. The molecule has 0 radical (unpaired) electrons. The molecular formula is C26H23Cl2N3O4. The number of benzene rings is 3. The summed E-state index contributed by atoms with van der Waals surface area (Å²) in [6.07, 6.45) is 1.33. The number of halogens is 2. The largest absolute Gasteiger partial charge is 0.422 e. The van der Waals surface area contributed by atoms with Crippen molar-refractivity contribution >= 4 is 52.9 Å². The van der Waals surface area contributed by atoms with Crippen LogP contribution in [0, 0.1) is 5.41 Å². The number of rotatable bonds is 6. The van der Waals surface area contributed by atoms with Crippen LogP contribution in [0.25, 0.3) is 0 Å². The third-order valence-electron chi connectivity index (χ3n) is 4.71. The van der Waals surface area contributed by atoms with Crippen molar-refractivity contribution in [3.05, 3.63) is 93.5 Å². The smallest absolute Gasteiger partial charge is 0.343 e. The van der Waals surface area contributed by atoms with Crippen LogP contribution >= 0.6 is 23.2 Å². The predicted octanol–water partition coefficient (Wildman–Crippen LogP) is 5.96. The maximum absolute atomic E-state index is 12.4. The van der Waals surface area contributed by atoms with Crippen molar-refractivity contribution in [2.24, 2.45) is 10.5 Å². The lowest BCUT2D eigenvalue weighted by Crippen LogP contribution is -2.27. The minimum Gasteiger partial charge on any atom is -0.422 e. The Morgan fingerprint density at radius 2 is 1.46 bits per heavy atom. The number of carbonyl (C=O) groups excluding carboxylic acids is 3. The molecule has 9 heteroatoms. The van der Waals surface area contributed by atoms with Crippen LogP contribution in [-0.2, 0) is 4.79 Å². The van der Waals surface area contributed by atoms with Gasteiger partial charge in [-0.1, -0.05) is 44.0 Å². The number of anilines is 1. The van der Waals surface area contributed by atoms with Crippen molar-refractivity contribution in [2.45, 2.75) is 20.8 Å². The SMILES string of the molecule is CC(C)(C)C(=O)Nc1ccc(C(=O)N/N=C/c2cc(Cl)ccc2OC(=O)c2ccc(Cl)cc2)cc1. The highest BCUT2D eigenvalue weighted by atomic mass is 35.5. The van der Waals surface area contributed by atoms with Gasteiger partial charge in [-0.2, -0.15) is 5.10 Å². The number of nitrogens with one attached hydrogen (secondary N) is 2. The van der Waals surface area contributed by atoms with Gasteiger partial charge in [-0.25, -0.2) is 10.2 Å². The van der Waals surface area contributed by atoms with Gasteiger partial charge in [0.15, 0.2) is 0 Å². The second-order valence-corrected chi connectivity index (χ2v) is 9.43. The van der Waals surface area contributed by atoms with Crippen LogP contribution in [0.3, 0.4) is 0 Å². The lowest BCUT2D eigenvalue weighted by Gasteiger charge is -2.17. The third-order valence-corrected chi connectivity index (χ3v) is 5.20. The van der Waals surface area contributed by atoms with Crippen molar-refractivity contribution < 1.29 is 19.1 Å². The topological polar surface area (TPSA) is 96.9 Å². The lowest BCUT2D eigenvalue weighted by molar-refractivity contribution is -0.123. The van der Waals surface area contributed by atoms with E-state index in [1.165, 1.54) is 12.3 Å². The Labute approximate surface area is 213 Å². The minimum absolute atomic E-state index is 0.131. The molecule has 0 bridgehead atoms. The first-order valence-electron chi connectivity index (χ1n) is 10.5. The van der Waals surface area contributed by atoms with Crippen LogP contribution < -0.4 is 15.5 Å². The third kappa shape index (κ3) is 7.40. The standard InChI is InChI=1S/C26H23Cl2N3O4/c1-26(2,3)25(34)30-21-11-6-16(7-12-21)23(32)31-29-15-18-14-20(28)10-13-22(18)35-24(33)17-4-8-19(27)9-5-17/h4-15H,1-3H3,(H,30,34)(H,31,32)/b29-15+. The quantitative estimate of drug-likeness (QED) is 0.184. The van der Waals surface area contributed by atoms with Crippen LogP contribution in [0.5, 0.6) is 5.75 Å². The molecule has 0 atom stereocenters. The van der Waals surface area contributed by atoms with Crippen LogP contribution in [0.2, 0.25) is 10.0 Å². The first-order chi connectivity index (χ1) is 16.5. The van der Waals surface area contributed by atoms with E-state index in [2.05, 4.69) is 15.8 Å². The van der Waals surface area contributed by atoms with E-state index in [0.29, 0.717) is 32.4 Å². The van der Waals surface area contributed by atoms with Gasteiger partial charge in [0.1, 0.15) is 5.75 Å². The van der Waals surface area contributed by atoms with Gasteiger partial charge in [0.2, 0.25) is 5.91 Å². The maximum atomic E-state index is 12.4. The fourth-order valence-electron chi connectivity index (χ4n) is 2.71. The van der Waals surface area contributed by atoms with E-state index in [0.717, 1.165) is 0 Å². The van der Waals surface area contributed by atoms with Gasteiger partial charge < -0.3 is 10.1 Å². The number of nitrogens with zero attached hydrogens (tertiary/aromatic N) is 1. The van der Waals surface area contributed by atoms with Gasteiger partial charge in [0.05, 0.1) is 11.8 Å². The van der Waals surface area contributed by atoms with Gasteiger partial charge in [-0.15, -0.1) is 0 Å². The van der Waals surface area contributed by atoms with E-state index < -0.39 is 17.3 Å². The molecule has 2 amide bonds. The Bertz CT molecular complexity index is 1270. The molecule has 0 aliphatic carbocycles. The zero-order valence-electron chi connectivity index (χ0n) is 19.3. The first-order valence-corrected chi connectivity index (χ1v) is 11.3. The Morgan fingerprint density at radius 1 is 0.857 bits per heavy atom. The first kappa shape index (κ1) is 25.9. The molecule has 0 saturated carbocycles. The number of carbonyl (C=O) groups is 3.